The number of hydrogen-bond acceptors (Lipinski definition) is 6. The molecule has 3 aliphatic heterocycles. The first-order valence-corrected chi connectivity index (χ1v) is 14.1. The van der Waals surface area contributed by atoms with Crippen LogP contribution >= 0.6 is 23.4 Å². The van der Waals surface area contributed by atoms with Crippen molar-refractivity contribution in [1.82, 2.24) is 4.90 Å². The number of halogens is 1. The van der Waals surface area contributed by atoms with Gasteiger partial charge in [-0.25, -0.2) is 8.42 Å². The highest BCUT2D eigenvalue weighted by atomic mass is 35.5. The number of benzene rings is 2. The summed E-state index contributed by atoms with van der Waals surface area (Å²) in [6, 6.07) is 15.5. The number of quaternary nitrogens is 1. The molecule has 3 aliphatic rings. The smallest absolute Gasteiger partial charge is 0.254 e. The third kappa shape index (κ3) is 5.21. The molecule has 0 saturated carbocycles. The Morgan fingerprint density at radius 1 is 1.15 bits per heavy atom. The summed E-state index contributed by atoms with van der Waals surface area (Å²) in [7, 11) is -3.00. The van der Waals surface area contributed by atoms with Crippen molar-refractivity contribution in [2.45, 2.75) is 17.8 Å². The van der Waals surface area contributed by atoms with Crippen LogP contribution in [-0.4, -0.2) is 73.4 Å². The van der Waals surface area contributed by atoms with Crippen LogP contribution in [0.25, 0.3) is 0 Å². The van der Waals surface area contributed by atoms with Crippen LogP contribution in [0, 0.1) is 0 Å². The number of piperazine rings is 1. The summed E-state index contributed by atoms with van der Waals surface area (Å²) in [5.41, 5.74) is 2.51. The highest BCUT2D eigenvalue weighted by Crippen LogP contribution is 2.35. The number of nitrogens with zero attached hydrogens (tertiary/aromatic N) is 2. The molecule has 0 spiro atoms. The Bertz CT molecular complexity index is 1180. The highest BCUT2D eigenvalue weighted by molar-refractivity contribution is 8.15. The summed E-state index contributed by atoms with van der Waals surface area (Å²) in [4.78, 5) is 21.0. The van der Waals surface area contributed by atoms with Crippen molar-refractivity contribution < 1.29 is 18.1 Å². The number of carbonyl (C=O) groups is 1. The van der Waals surface area contributed by atoms with Gasteiger partial charge in [-0.2, -0.15) is 0 Å². The number of anilines is 1. The van der Waals surface area contributed by atoms with Gasteiger partial charge in [-0.05, 0) is 18.2 Å². The fourth-order valence-corrected chi connectivity index (χ4v) is 8.39. The second-order valence-corrected chi connectivity index (χ2v) is 12.5. The molecule has 10 heteroatoms. The van der Waals surface area contributed by atoms with Gasteiger partial charge in [0.25, 0.3) is 5.91 Å². The van der Waals surface area contributed by atoms with E-state index >= 15 is 0 Å². The zero-order valence-corrected chi connectivity index (χ0v) is 20.4. The Hall–Kier alpha value is -2.07. The van der Waals surface area contributed by atoms with E-state index in [-0.39, 0.29) is 28.7 Å². The highest BCUT2D eigenvalue weighted by Gasteiger charge is 2.42. The Morgan fingerprint density at radius 3 is 2.64 bits per heavy atom. The number of fused-ring (bicyclic) bond motifs is 1. The van der Waals surface area contributed by atoms with Crippen LogP contribution in [0.4, 0.5) is 5.69 Å². The van der Waals surface area contributed by atoms with Crippen LogP contribution in [-0.2, 0) is 16.4 Å². The third-order valence-electron chi connectivity index (χ3n) is 6.33. The van der Waals surface area contributed by atoms with Gasteiger partial charge in [-0.15, -0.1) is 0 Å². The van der Waals surface area contributed by atoms with Crippen LogP contribution in [0.3, 0.4) is 0 Å². The topological polar surface area (TPSA) is 83.3 Å². The molecule has 3 heterocycles. The lowest BCUT2D eigenvalue weighted by Gasteiger charge is -2.32. The molecule has 0 aliphatic carbocycles. The SMILES string of the molecule is O=C(c1ccc(Cl)c(NC2=NC3CS(=O)(=O)CC3S2)c1)N1CC[NH+](Cc2ccccc2)CC1. The number of amidine groups is 1. The summed E-state index contributed by atoms with van der Waals surface area (Å²) in [6.07, 6.45) is 0. The average molecular weight is 506 g/mol. The molecule has 2 fully saturated rings. The first-order valence-electron chi connectivity index (χ1n) is 11.0. The van der Waals surface area contributed by atoms with E-state index in [0.29, 0.717) is 34.5 Å². The zero-order chi connectivity index (χ0) is 23.0. The van der Waals surface area contributed by atoms with Gasteiger partial charge in [0.2, 0.25) is 0 Å². The molecule has 0 aromatic heterocycles. The van der Waals surface area contributed by atoms with Crippen molar-refractivity contribution >= 4 is 50.0 Å². The van der Waals surface area contributed by atoms with Crippen LogP contribution in [0.15, 0.2) is 53.5 Å². The Morgan fingerprint density at radius 2 is 1.91 bits per heavy atom. The average Bonchev–Trinajstić information content (AvgIpc) is 3.28. The van der Waals surface area contributed by atoms with E-state index in [1.54, 1.807) is 18.2 Å². The maximum atomic E-state index is 13.1. The van der Waals surface area contributed by atoms with E-state index in [1.807, 2.05) is 11.0 Å². The predicted molar refractivity (Wildman–Crippen MR) is 133 cm³/mol. The fourth-order valence-electron chi connectivity index (χ4n) is 4.56. The quantitative estimate of drug-likeness (QED) is 0.659. The zero-order valence-electron chi connectivity index (χ0n) is 18.0. The number of thioether (sulfide) groups is 1. The van der Waals surface area contributed by atoms with Crippen LogP contribution in [0.5, 0.6) is 0 Å². The van der Waals surface area contributed by atoms with Crippen molar-refractivity contribution in [3.8, 4) is 0 Å². The minimum atomic E-state index is -3.00. The fraction of sp³-hybridized carbons (Fsp3) is 0.391. The molecule has 2 aromatic rings. The van der Waals surface area contributed by atoms with Gasteiger partial charge in [0, 0.05) is 16.4 Å². The number of hydrogen-bond donors (Lipinski definition) is 2. The number of rotatable bonds is 4. The third-order valence-corrected chi connectivity index (χ3v) is 9.80. The van der Waals surface area contributed by atoms with Gasteiger partial charge in [0.05, 0.1) is 54.4 Å². The van der Waals surface area contributed by atoms with Gasteiger partial charge in [-0.3, -0.25) is 9.79 Å². The van der Waals surface area contributed by atoms with Crippen LogP contribution < -0.4 is 10.2 Å². The molecule has 2 atom stereocenters. The number of carbonyl (C=O) groups excluding carboxylic acids is 1. The Kier molecular flexibility index (Phi) is 6.39. The molecule has 2 saturated heterocycles. The lowest BCUT2D eigenvalue weighted by molar-refractivity contribution is -0.917. The molecule has 7 nitrogen and oxygen atoms in total. The molecule has 1 amide bonds. The Labute approximate surface area is 203 Å². The minimum Gasteiger partial charge on any atom is -0.334 e. The van der Waals surface area contributed by atoms with Gasteiger partial charge >= 0.3 is 0 Å². The van der Waals surface area contributed by atoms with E-state index in [4.69, 9.17) is 11.6 Å². The number of aliphatic imine (C=N–C) groups is 1. The van der Waals surface area contributed by atoms with Crippen molar-refractivity contribution in [1.29, 1.82) is 0 Å². The number of amides is 1. The van der Waals surface area contributed by atoms with E-state index in [2.05, 4.69) is 34.6 Å². The predicted octanol–water partition coefficient (Wildman–Crippen LogP) is 1.56. The molecule has 2 aromatic carbocycles. The molecule has 0 bridgehead atoms. The van der Waals surface area contributed by atoms with E-state index in [0.717, 1.165) is 19.6 Å². The first-order chi connectivity index (χ1) is 15.9. The molecule has 2 N–H and O–H groups in total. The number of nitrogens with one attached hydrogen (secondary N) is 2. The van der Waals surface area contributed by atoms with Crippen LogP contribution in [0.1, 0.15) is 15.9 Å². The standard InChI is InChI=1S/C23H25ClN4O3S2/c24-18-7-6-17(12-19(18)25-23-26-20-14-33(30,31)15-21(20)32-23)22(29)28-10-8-27(9-11-28)13-16-4-2-1-3-5-16/h1-7,12,20-21H,8-11,13-15H2,(H,25,26)/p+1. The second kappa shape index (κ2) is 9.29. The lowest BCUT2D eigenvalue weighted by atomic mass is 10.1. The van der Waals surface area contributed by atoms with Crippen molar-refractivity contribution in [3.63, 3.8) is 0 Å². The molecular formula is C23H26ClN4O3S2+. The molecule has 2 unspecified atom stereocenters. The maximum absolute atomic E-state index is 13.1. The maximum Gasteiger partial charge on any atom is 0.254 e. The van der Waals surface area contributed by atoms with E-state index in [9.17, 15) is 13.2 Å². The monoisotopic (exact) mass is 505 g/mol. The summed E-state index contributed by atoms with van der Waals surface area (Å²) in [5, 5.41) is 4.32. The molecule has 33 heavy (non-hydrogen) atoms. The van der Waals surface area contributed by atoms with Crippen LogP contribution in [0.2, 0.25) is 5.02 Å². The van der Waals surface area contributed by atoms with Crippen molar-refractivity contribution in [2.75, 3.05) is 43.0 Å². The minimum absolute atomic E-state index is 0.00236. The van der Waals surface area contributed by atoms with Gasteiger partial charge in [0.15, 0.2) is 15.0 Å². The summed E-state index contributed by atoms with van der Waals surface area (Å²) in [6.45, 7) is 4.23. The summed E-state index contributed by atoms with van der Waals surface area (Å²) < 4.78 is 23.6. The van der Waals surface area contributed by atoms with Crippen molar-refractivity contribution in [2.24, 2.45) is 4.99 Å². The lowest BCUT2D eigenvalue weighted by Crippen LogP contribution is -3.13. The van der Waals surface area contributed by atoms with Gasteiger partial charge in [-0.1, -0.05) is 53.7 Å². The second-order valence-electron chi connectivity index (χ2n) is 8.76. The van der Waals surface area contributed by atoms with Crippen molar-refractivity contribution in [3.05, 3.63) is 64.7 Å². The normalized spacial score (nSPS) is 24.4. The summed E-state index contributed by atoms with van der Waals surface area (Å²) in [5.74, 6) is 0.249. The largest absolute Gasteiger partial charge is 0.334 e. The van der Waals surface area contributed by atoms with E-state index < -0.39 is 9.84 Å². The molecular weight excluding hydrogens is 480 g/mol. The number of sulfone groups is 1. The summed E-state index contributed by atoms with van der Waals surface area (Å²) >= 11 is 7.81. The van der Waals surface area contributed by atoms with Gasteiger partial charge < -0.3 is 15.1 Å². The Balaban J connectivity index is 1.21. The molecule has 174 valence electrons. The molecule has 0 radical (unpaired) electrons. The van der Waals surface area contributed by atoms with E-state index in [1.165, 1.54) is 22.2 Å². The first kappa shape index (κ1) is 22.7. The van der Waals surface area contributed by atoms with Gasteiger partial charge in [0.1, 0.15) is 6.54 Å². The molecule has 5 rings (SSSR count).